The number of rotatable bonds is 66. The van der Waals surface area contributed by atoms with Crippen molar-refractivity contribution in [2.24, 2.45) is 0 Å². The first-order chi connectivity index (χ1) is 37.5. The highest BCUT2D eigenvalue weighted by Gasteiger charge is 2.20. The number of carbonyl (C=O) groups excluding carboxylic acids is 2. The maximum atomic E-state index is 12.5. The summed E-state index contributed by atoms with van der Waals surface area (Å²) in [5.74, 6) is -0.00939. The summed E-state index contributed by atoms with van der Waals surface area (Å²) in [6.07, 6.45) is 81.2. The summed E-state index contributed by atoms with van der Waals surface area (Å²) in [5, 5.41) is 23.3. The lowest BCUT2D eigenvalue weighted by Crippen LogP contribution is -2.45. The molecule has 6 nitrogen and oxygen atoms in total. The number of nitrogens with one attached hydrogen (secondary N) is 1. The van der Waals surface area contributed by atoms with E-state index in [0.29, 0.717) is 25.9 Å². The summed E-state index contributed by atoms with van der Waals surface area (Å²) < 4.78 is 5.48. The molecule has 6 heteroatoms. The Bertz CT molecular complexity index is 1140. The highest BCUT2D eigenvalue weighted by Crippen LogP contribution is 2.19. The molecule has 0 aliphatic carbocycles. The van der Waals surface area contributed by atoms with Crippen LogP contribution in [0, 0.1) is 0 Å². The summed E-state index contributed by atoms with van der Waals surface area (Å²) in [6, 6.07) is -0.538. The van der Waals surface area contributed by atoms with Crippen molar-refractivity contribution in [2.45, 2.75) is 411 Å². The number of hydrogen-bond donors (Lipinski definition) is 3. The van der Waals surface area contributed by atoms with Gasteiger partial charge in [0, 0.05) is 12.8 Å². The molecule has 3 N–H and O–H groups in total. The minimum Gasteiger partial charge on any atom is -0.466 e. The number of allylic oxidation sites excluding steroid dienone is 2. The van der Waals surface area contributed by atoms with E-state index in [2.05, 4.69) is 31.3 Å². The van der Waals surface area contributed by atoms with Crippen LogP contribution in [0.15, 0.2) is 12.2 Å². The molecule has 0 fully saturated rings. The van der Waals surface area contributed by atoms with E-state index in [1.807, 2.05) is 0 Å². The monoisotopic (exact) mass is 1070 g/mol. The standard InChI is InChI=1S/C70H137NO5/c1-3-5-7-9-11-13-15-17-36-39-42-46-50-54-58-62-68(73)67(66-72)71-69(74)63-59-55-51-47-43-40-37-34-32-30-28-26-24-22-20-18-19-21-23-25-27-29-31-33-35-38-41-45-49-53-57-61-65-76-70(75)64-60-56-52-48-44-16-14-12-10-8-6-4-2/h21,23,67-68,72-73H,3-20,22,24-66H2,1-2H3,(H,71,74)/b23-21-. The molecule has 76 heavy (non-hydrogen) atoms. The Hall–Kier alpha value is -1.40. The van der Waals surface area contributed by atoms with E-state index in [4.69, 9.17) is 4.74 Å². The molecule has 2 atom stereocenters. The molecule has 0 saturated carbocycles. The molecule has 2 unspecified atom stereocenters. The predicted octanol–water partition coefficient (Wildman–Crippen LogP) is 22.4. The first-order valence-corrected chi connectivity index (χ1v) is 34.9. The molecule has 0 aromatic heterocycles. The first-order valence-electron chi connectivity index (χ1n) is 34.9. The maximum Gasteiger partial charge on any atom is 0.305 e. The fraction of sp³-hybridized carbons (Fsp3) is 0.943. The van der Waals surface area contributed by atoms with Crippen molar-refractivity contribution in [3.63, 3.8) is 0 Å². The average molecular weight is 1070 g/mol. The smallest absolute Gasteiger partial charge is 0.305 e. The van der Waals surface area contributed by atoms with Gasteiger partial charge in [0.1, 0.15) is 0 Å². The normalized spacial score (nSPS) is 12.5. The van der Waals surface area contributed by atoms with Gasteiger partial charge in [0.25, 0.3) is 0 Å². The lowest BCUT2D eigenvalue weighted by atomic mass is 10.0. The third-order valence-corrected chi connectivity index (χ3v) is 16.6. The fourth-order valence-corrected chi connectivity index (χ4v) is 11.2. The van der Waals surface area contributed by atoms with Crippen LogP contribution in [-0.2, 0) is 14.3 Å². The van der Waals surface area contributed by atoms with Crippen molar-refractivity contribution >= 4 is 11.9 Å². The minimum atomic E-state index is -0.661. The van der Waals surface area contributed by atoms with Crippen LogP contribution in [0.3, 0.4) is 0 Å². The Labute approximate surface area is 476 Å². The van der Waals surface area contributed by atoms with Gasteiger partial charge in [-0.15, -0.1) is 0 Å². The highest BCUT2D eigenvalue weighted by atomic mass is 16.5. The zero-order valence-electron chi connectivity index (χ0n) is 51.8. The lowest BCUT2D eigenvalue weighted by Gasteiger charge is -2.22. The summed E-state index contributed by atoms with van der Waals surface area (Å²) >= 11 is 0. The molecular weight excluding hydrogens is 935 g/mol. The van der Waals surface area contributed by atoms with Crippen molar-refractivity contribution in [1.82, 2.24) is 5.32 Å². The number of carbonyl (C=O) groups is 2. The van der Waals surface area contributed by atoms with Crippen LogP contribution in [0.25, 0.3) is 0 Å². The van der Waals surface area contributed by atoms with Crippen LogP contribution in [0.1, 0.15) is 399 Å². The topological polar surface area (TPSA) is 95.9 Å². The van der Waals surface area contributed by atoms with Gasteiger partial charge in [-0.3, -0.25) is 9.59 Å². The highest BCUT2D eigenvalue weighted by molar-refractivity contribution is 5.76. The molecule has 0 aromatic carbocycles. The molecule has 0 heterocycles. The zero-order chi connectivity index (χ0) is 55.0. The van der Waals surface area contributed by atoms with Crippen molar-refractivity contribution in [3.05, 3.63) is 12.2 Å². The molecule has 0 radical (unpaired) electrons. The second kappa shape index (κ2) is 66.1. The number of aliphatic hydroxyl groups is 2. The van der Waals surface area contributed by atoms with E-state index in [9.17, 15) is 19.8 Å². The SMILES string of the molecule is CCCCCCCCCCCCCCCCCC(O)C(CO)NC(=O)CCCCCCCCCCCCCCCCCC/C=C\CCCCCCCCCCCCCCOC(=O)CCCCCCCCCCCCCC. The molecule has 0 rings (SSSR count). The van der Waals surface area contributed by atoms with Crippen LogP contribution in [0.4, 0.5) is 0 Å². The van der Waals surface area contributed by atoms with Crippen molar-refractivity contribution in [2.75, 3.05) is 13.2 Å². The van der Waals surface area contributed by atoms with Gasteiger partial charge in [-0.1, -0.05) is 347 Å². The Morgan fingerprint density at radius 1 is 0.355 bits per heavy atom. The number of unbranched alkanes of at least 4 members (excludes halogenated alkanes) is 53. The number of hydrogen-bond acceptors (Lipinski definition) is 5. The molecule has 0 aliphatic rings. The van der Waals surface area contributed by atoms with E-state index in [1.54, 1.807) is 0 Å². The van der Waals surface area contributed by atoms with E-state index in [-0.39, 0.29) is 18.5 Å². The van der Waals surface area contributed by atoms with Crippen LogP contribution in [-0.4, -0.2) is 47.4 Å². The van der Waals surface area contributed by atoms with Crippen molar-refractivity contribution in [1.29, 1.82) is 0 Å². The predicted molar refractivity (Wildman–Crippen MR) is 333 cm³/mol. The molecule has 0 spiro atoms. The number of amides is 1. The molecule has 1 amide bonds. The summed E-state index contributed by atoms with van der Waals surface area (Å²) in [7, 11) is 0. The van der Waals surface area contributed by atoms with Gasteiger partial charge in [-0.2, -0.15) is 0 Å². The van der Waals surface area contributed by atoms with Crippen LogP contribution < -0.4 is 5.32 Å². The number of esters is 1. The molecular formula is C70H137NO5. The van der Waals surface area contributed by atoms with Crippen LogP contribution in [0.5, 0.6) is 0 Å². The van der Waals surface area contributed by atoms with Gasteiger partial charge < -0.3 is 20.3 Å². The van der Waals surface area contributed by atoms with E-state index in [0.717, 1.165) is 38.5 Å². The summed E-state index contributed by atoms with van der Waals surface area (Å²) in [6.45, 7) is 4.99. The third-order valence-electron chi connectivity index (χ3n) is 16.6. The van der Waals surface area contributed by atoms with Gasteiger partial charge in [0.15, 0.2) is 0 Å². The summed E-state index contributed by atoms with van der Waals surface area (Å²) in [5.41, 5.74) is 0. The van der Waals surface area contributed by atoms with E-state index >= 15 is 0 Å². The fourth-order valence-electron chi connectivity index (χ4n) is 11.2. The third kappa shape index (κ3) is 61.8. The average Bonchev–Trinajstić information content (AvgIpc) is 3.42. The van der Waals surface area contributed by atoms with Crippen LogP contribution in [0.2, 0.25) is 0 Å². The Morgan fingerprint density at radius 2 is 0.618 bits per heavy atom. The van der Waals surface area contributed by atoms with Crippen LogP contribution >= 0.6 is 0 Å². The molecule has 0 bridgehead atoms. The van der Waals surface area contributed by atoms with Gasteiger partial charge in [0.05, 0.1) is 25.4 Å². The van der Waals surface area contributed by atoms with Gasteiger partial charge in [-0.05, 0) is 51.4 Å². The Balaban J connectivity index is 3.34. The second-order valence-electron chi connectivity index (χ2n) is 24.2. The summed E-state index contributed by atoms with van der Waals surface area (Å²) in [4.78, 5) is 24.5. The number of ether oxygens (including phenoxy) is 1. The quantitative estimate of drug-likeness (QED) is 0.0320. The molecule has 0 aromatic rings. The number of aliphatic hydroxyl groups excluding tert-OH is 2. The minimum absolute atomic E-state index is 0.0197. The van der Waals surface area contributed by atoms with Gasteiger partial charge in [-0.25, -0.2) is 0 Å². The Kier molecular flexibility index (Phi) is 64.9. The van der Waals surface area contributed by atoms with Crippen molar-refractivity contribution in [3.8, 4) is 0 Å². The second-order valence-corrected chi connectivity index (χ2v) is 24.2. The molecule has 0 saturated heterocycles. The first kappa shape index (κ1) is 74.6. The maximum absolute atomic E-state index is 12.5. The lowest BCUT2D eigenvalue weighted by molar-refractivity contribution is -0.143. The van der Waals surface area contributed by atoms with Crippen molar-refractivity contribution < 1.29 is 24.5 Å². The van der Waals surface area contributed by atoms with Gasteiger partial charge in [0.2, 0.25) is 5.91 Å². The van der Waals surface area contributed by atoms with E-state index < -0.39 is 12.1 Å². The van der Waals surface area contributed by atoms with Gasteiger partial charge >= 0.3 is 5.97 Å². The largest absolute Gasteiger partial charge is 0.466 e. The van der Waals surface area contributed by atoms with E-state index in [1.165, 1.54) is 327 Å². The Morgan fingerprint density at radius 3 is 0.934 bits per heavy atom. The molecule has 452 valence electrons. The zero-order valence-corrected chi connectivity index (χ0v) is 51.8. The molecule has 0 aliphatic heterocycles.